The molecule has 0 spiro atoms. The van der Waals surface area contributed by atoms with Gasteiger partial charge < -0.3 is 21.3 Å². The number of hydrogen-bond acceptors (Lipinski definition) is 4. The summed E-state index contributed by atoms with van der Waals surface area (Å²) in [6.07, 6.45) is -0.680. The summed E-state index contributed by atoms with van der Waals surface area (Å²) in [6.45, 7) is 1.75. The molecule has 2 unspecified atom stereocenters. The Kier molecular flexibility index (Phi) is 5.16. The van der Waals surface area contributed by atoms with Crippen molar-refractivity contribution in [2.45, 2.75) is 19.1 Å². The van der Waals surface area contributed by atoms with Crippen molar-refractivity contribution in [2.75, 3.05) is 6.54 Å². The molecule has 0 aliphatic heterocycles. The molecule has 6 heteroatoms. The summed E-state index contributed by atoms with van der Waals surface area (Å²) < 4.78 is 0.680. The third-order valence-corrected chi connectivity index (χ3v) is 3.24. The van der Waals surface area contributed by atoms with Crippen LogP contribution in [0.1, 0.15) is 17.3 Å². The zero-order chi connectivity index (χ0) is 13.0. The molecule has 0 aliphatic carbocycles. The molecule has 0 heterocycles. The fraction of sp³-hybridized carbons (Fsp3) is 0.364. The fourth-order valence-corrected chi connectivity index (χ4v) is 1.47. The summed E-state index contributed by atoms with van der Waals surface area (Å²) in [5.74, 6) is -0.258. The topological polar surface area (TPSA) is 95.6 Å². The Bertz CT molecular complexity index is 410. The average Bonchev–Trinajstić information content (AvgIpc) is 2.28. The average molecular weight is 350 g/mol. The van der Waals surface area contributed by atoms with Crippen LogP contribution in [0.4, 0.5) is 0 Å². The smallest absolute Gasteiger partial charge is 0.251 e. The van der Waals surface area contributed by atoms with E-state index < -0.39 is 12.1 Å². The summed E-state index contributed by atoms with van der Waals surface area (Å²) in [7, 11) is 0. The second kappa shape index (κ2) is 6.18. The standard InChI is InChI=1S/C11H15IN2O3/c1-6(15)9(13)5-14-11(17)7-2-3-8(12)10(16)4-7/h2-4,6,9,15-16H,5,13H2,1H3,(H,14,17). The molecule has 0 bridgehead atoms. The lowest BCUT2D eigenvalue weighted by Gasteiger charge is -2.15. The molecule has 5 nitrogen and oxygen atoms in total. The van der Waals surface area contributed by atoms with E-state index in [1.54, 1.807) is 19.1 Å². The molecule has 1 aromatic rings. The van der Waals surface area contributed by atoms with Gasteiger partial charge in [0.25, 0.3) is 5.91 Å². The molecule has 0 aliphatic rings. The highest BCUT2D eigenvalue weighted by molar-refractivity contribution is 14.1. The van der Waals surface area contributed by atoms with Gasteiger partial charge in [0.15, 0.2) is 0 Å². The Hall–Kier alpha value is -0.860. The van der Waals surface area contributed by atoms with E-state index in [9.17, 15) is 9.90 Å². The van der Waals surface area contributed by atoms with Crippen molar-refractivity contribution in [3.8, 4) is 5.75 Å². The van der Waals surface area contributed by atoms with Crippen molar-refractivity contribution in [1.29, 1.82) is 0 Å². The molecule has 2 atom stereocenters. The maximum Gasteiger partial charge on any atom is 0.251 e. The minimum atomic E-state index is -0.680. The highest BCUT2D eigenvalue weighted by Crippen LogP contribution is 2.20. The molecular weight excluding hydrogens is 335 g/mol. The van der Waals surface area contributed by atoms with Crippen LogP contribution in [0.15, 0.2) is 18.2 Å². The molecule has 0 radical (unpaired) electrons. The largest absolute Gasteiger partial charge is 0.507 e. The van der Waals surface area contributed by atoms with E-state index in [4.69, 9.17) is 10.8 Å². The third kappa shape index (κ3) is 4.14. The predicted molar refractivity (Wildman–Crippen MR) is 72.8 cm³/mol. The second-order valence-corrected chi connectivity index (χ2v) is 4.94. The van der Waals surface area contributed by atoms with Crippen LogP contribution < -0.4 is 11.1 Å². The maximum absolute atomic E-state index is 11.7. The maximum atomic E-state index is 11.7. The number of amides is 1. The van der Waals surface area contributed by atoms with Crippen LogP contribution >= 0.6 is 22.6 Å². The van der Waals surface area contributed by atoms with Gasteiger partial charge in [-0.3, -0.25) is 4.79 Å². The Morgan fingerprint density at radius 3 is 2.76 bits per heavy atom. The van der Waals surface area contributed by atoms with Gasteiger partial charge in [0.2, 0.25) is 0 Å². The SMILES string of the molecule is CC(O)C(N)CNC(=O)c1ccc(I)c(O)c1. The molecule has 1 rings (SSSR count). The van der Waals surface area contributed by atoms with Gasteiger partial charge in [-0.2, -0.15) is 0 Å². The first-order chi connectivity index (χ1) is 7.91. The molecule has 0 saturated carbocycles. The van der Waals surface area contributed by atoms with Crippen LogP contribution in [-0.2, 0) is 0 Å². The first-order valence-electron chi connectivity index (χ1n) is 5.12. The fourth-order valence-electron chi connectivity index (χ4n) is 1.14. The molecular formula is C11H15IN2O3. The van der Waals surface area contributed by atoms with Gasteiger partial charge in [-0.1, -0.05) is 0 Å². The van der Waals surface area contributed by atoms with Gasteiger partial charge in [-0.15, -0.1) is 0 Å². The van der Waals surface area contributed by atoms with Crippen molar-refractivity contribution in [1.82, 2.24) is 5.32 Å². The van der Waals surface area contributed by atoms with Gasteiger partial charge in [0, 0.05) is 18.2 Å². The lowest BCUT2D eigenvalue weighted by atomic mass is 10.1. The van der Waals surface area contributed by atoms with Gasteiger partial charge in [-0.25, -0.2) is 0 Å². The molecule has 94 valence electrons. The molecule has 1 aromatic carbocycles. The summed E-state index contributed by atoms with van der Waals surface area (Å²) in [4.78, 5) is 11.7. The molecule has 0 aromatic heterocycles. The number of phenolic OH excluding ortho intramolecular Hbond substituents is 1. The number of aliphatic hydroxyl groups is 1. The predicted octanol–water partition coefficient (Wildman–Crippen LogP) is 0.435. The number of aromatic hydroxyl groups is 1. The minimum absolute atomic E-state index is 0.0677. The number of carbonyl (C=O) groups is 1. The van der Waals surface area contributed by atoms with E-state index in [0.717, 1.165) is 0 Å². The Balaban J connectivity index is 2.61. The van der Waals surface area contributed by atoms with Crippen molar-refractivity contribution in [3.05, 3.63) is 27.3 Å². The zero-order valence-electron chi connectivity index (χ0n) is 9.35. The van der Waals surface area contributed by atoms with Gasteiger partial charge >= 0.3 is 0 Å². The van der Waals surface area contributed by atoms with Crippen LogP contribution in [0, 0.1) is 3.57 Å². The van der Waals surface area contributed by atoms with Gasteiger partial charge in [0.05, 0.1) is 9.67 Å². The number of phenols is 1. The summed E-state index contributed by atoms with van der Waals surface area (Å²) in [5.41, 5.74) is 5.94. The first kappa shape index (κ1) is 14.2. The number of aliphatic hydroxyl groups excluding tert-OH is 1. The third-order valence-electron chi connectivity index (χ3n) is 2.33. The highest BCUT2D eigenvalue weighted by atomic mass is 127. The van der Waals surface area contributed by atoms with Crippen LogP contribution in [0.25, 0.3) is 0 Å². The minimum Gasteiger partial charge on any atom is -0.507 e. The lowest BCUT2D eigenvalue weighted by Crippen LogP contribution is -2.43. The van der Waals surface area contributed by atoms with Crippen LogP contribution in [0.2, 0.25) is 0 Å². The molecule has 0 fully saturated rings. The zero-order valence-corrected chi connectivity index (χ0v) is 11.5. The van der Waals surface area contributed by atoms with E-state index in [2.05, 4.69) is 5.32 Å². The normalized spacial score (nSPS) is 14.1. The second-order valence-electron chi connectivity index (χ2n) is 3.78. The molecule has 0 saturated heterocycles. The van der Waals surface area contributed by atoms with Gasteiger partial charge in [-0.05, 0) is 47.7 Å². The van der Waals surface area contributed by atoms with Crippen LogP contribution in [-0.4, -0.2) is 34.8 Å². The van der Waals surface area contributed by atoms with Gasteiger partial charge in [0.1, 0.15) is 5.75 Å². The van der Waals surface area contributed by atoms with Crippen LogP contribution in [0.3, 0.4) is 0 Å². The number of nitrogens with two attached hydrogens (primary N) is 1. The number of nitrogens with one attached hydrogen (secondary N) is 1. The van der Waals surface area contributed by atoms with Crippen molar-refractivity contribution in [3.63, 3.8) is 0 Å². The Morgan fingerprint density at radius 2 is 2.24 bits per heavy atom. The Labute approximate surface area is 113 Å². The monoisotopic (exact) mass is 350 g/mol. The number of rotatable bonds is 4. The van der Waals surface area contributed by atoms with E-state index in [0.29, 0.717) is 9.13 Å². The van der Waals surface area contributed by atoms with E-state index in [1.165, 1.54) is 6.07 Å². The number of halogens is 1. The van der Waals surface area contributed by atoms with E-state index in [1.807, 2.05) is 22.6 Å². The summed E-state index contributed by atoms with van der Waals surface area (Å²) in [5, 5.41) is 21.2. The first-order valence-corrected chi connectivity index (χ1v) is 6.20. The summed E-state index contributed by atoms with van der Waals surface area (Å²) in [6, 6.07) is 4.16. The van der Waals surface area contributed by atoms with E-state index >= 15 is 0 Å². The quantitative estimate of drug-likeness (QED) is 0.593. The Morgan fingerprint density at radius 1 is 1.59 bits per heavy atom. The number of hydrogen-bond donors (Lipinski definition) is 4. The van der Waals surface area contributed by atoms with Crippen molar-refractivity contribution in [2.24, 2.45) is 5.73 Å². The number of carbonyl (C=O) groups excluding carboxylic acids is 1. The summed E-state index contributed by atoms with van der Waals surface area (Å²) >= 11 is 1.97. The number of benzene rings is 1. The molecule has 5 N–H and O–H groups in total. The lowest BCUT2D eigenvalue weighted by molar-refractivity contribution is 0.0937. The van der Waals surface area contributed by atoms with Crippen LogP contribution in [0.5, 0.6) is 5.75 Å². The van der Waals surface area contributed by atoms with Crippen molar-refractivity contribution < 1.29 is 15.0 Å². The van der Waals surface area contributed by atoms with Crippen molar-refractivity contribution >= 4 is 28.5 Å². The highest BCUT2D eigenvalue weighted by Gasteiger charge is 2.12. The van der Waals surface area contributed by atoms with E-state index in [-0.39, 0.29) is 18.2 Å². The molecule has 1 amide bonds. The molecule has 17 heavy (non-hydrogen) atoms.